The van der Waals surface area contributed by atoms with Gasteiger partial charge in [-0.05, 0) is 23.8 Å². The van der Waals surface area contributed by atoms with Crippen molar-refractivity contribution in [2.24, 2.45) is 10.2 Å². The van der Waals surface area contributed by atoms with Gasteiger partial charge < -0.3 is 14.7 Å². The van der Waals surface area contributed by atoms with Crippen LogP contribution in [0.3, 0.4) is 0 Å². The Hall–Kier alpha value is -3.93. The van der Waals surface area contributed by atoms with Crippen molar-refractivity contribution in [2.75, 3.05) is 0 Å². The average molecular weight is 367 g/mol. The van der Waals surface area contributed by atoms with E-state index in [4.69, 9.17) is 0 Å². The molecule has 0 amide bonds. The molecule has 6 nitrogen and oxygen atoms in total. The van der Waals surface area contributed by atoms with Crippen LogP contribution in [-0.4, -0.2) is 19.6 Å². The lowest BCUT2D eigenvalue weighted by Gasteiger charge is -2.06. The van der Waals surface area contributed by atoms with Gasteiger partial charge in [0.1, 0.15) is 0 Å². The number of nitrogens with one attached hydrogen (secondary N) is 1. The first-order valence-electron chi connectivity index (χ1n) is 9.00. The number of fused-ring (bicyclic) bond motifs is 2. The summed E-state index contributed by atoms with van der Waals surface area (Å²) < 4.78 is 1.84. The number of nitrogens with zero attached hydrogens (tertiary/aromatic N) is 4. The van der Waals surface area contributed by atoms with Gasteiger partial charge >= 0.3 is 0 Å². The molecule has 2 aromatic heterocycles. The highest BCUT2D eigenvalue weighted by molar-refractivity contribution is 5.95. The van der Waals surface area contributed by atoms with Crippen LogP contribution in [0.25, 0.3) is 21.9 Å². The Morgan fingerprint density at radius 1 is 0.857 bits per heavy atom. The maximum atomic E-state index is 10.9. The molecule has 2 heterocycles. The first-order chi connectivity index (χ1) is 13.8. The summed E-state index contributed by atoms with van der Waals surface area (Å²) in [5.74, 6) is 0.491. The average Bonchev–Trinajstić information content (AvgIpc) is 3.26. The van der Waals surface area contributed by atoms with Crippen LogP contribution in [0.4, 0.5) is 11.6 Å². The van der Waals surface area contributed by atoms with E-state index < -0.39 is 0 Å². The smallest absolute Gasteiger partial charge is 0.247 e. The lowest BCUT2D eigenvalue weighted by molar-refractivity contribution is 0.429. The molecule has 6 heteroatoms. The van der Waals surface area contributed by atoms with Crippen LogP contribution >= 0.6 is 0 Å². The molecule has 0 bridgehead atoms. The van der Waals surface area contributed by atoms with Gasteiger partial charge in [0.25, 0.3) is 0 Å². The number of aromatic amines is 1. The van der Waals surface area contributed by atoms with Gasteiger partial charge in [0.15, 0.2) is 5.69 Å². The first-order valence-corrected chi connectivity index (χ1v) is 9.00. The maximum absolute atomic E-state index is 10.9. The van der Waals surface area contributed by atoms with E-state index in [0.29, 0.717) is 18.2 Å². The third kappa shape index (κ3) is 2.81. The molecule has 0 aliphatic rings. The third-order valence-electron chi connectivity index (χ3n) is 4.72. The van der Waals surface area contributed by atoms with Crippen LogP contribution in [0, 0.1) is 0 Å². The van der Waals surface area contributed by atoms with Crippen LogP contribution in [-0.2, 0) is 6.54 Å². The Labute approximate surface area is 160 Å². The second-order valence-corrected chi connectivity index (χ2v) is 6.54. The number of rotatable bonds is 4. The summed E-state index contributed by atoms with van der Waals surface area (Å²) in [4.78, 5) is 7.53. The van der Waals surface area contributed by atoms with E-state index in [1.807, 2.05) is 83.4 Å². The quantitative estimate of drug-likeness (QED) is 0.400. The zero-order valence-corrected chi connectivity index (χ0v) is 14.9. The minimum Gasteiger partial charge on any atom is -0.493 e. The van der Waals surface area contributed by atoms with E-state index in [0.717, 1.165) is 27.5 Å². The van der Waals surface area contributed by atoms with Gasteiger partial charge in [-0.25, -0.2) is 4.98 Å². The van der Waals surface area contributed by atoms with Gasteiger partial charge in [-0.1, -0.05) is 60.7 Å². The van der Waals surface area contributed by atoms with Crippen molar-refractivity contribution < 1.29 is 5.11 Å². The molecular formula is C22H17N5O. The highest BCUT2D eigenvalue weighted by Crippen LogP contribution is 2.39. The topological polar surface area (TPSA) is 78.6 Å². The second-order valence-electron chi connectivity index (χ2n) is 6.54. The summed E-state index contributed by atoms with van der Waals surface area (Å²) in [6.45, 7) is 0.549. The van der Waals surface area contributed by atoms with E-state index in [-0.39, 0.29) is 5.88 Å². The predicted molar refractivity (Wildman–Crippen MR) is 109 cm³/mol. The monoisotopic (exact) mass is 367 g/mol. The number of hydrogen-bond donors (Lipinski definition) is 2. The van der Waals surface area contributed by atoms with Gasteiger partial charge in [0, 0.05) is 5.39 Å². The standard InChI is InChI=1S/C22H17N5O/c28-21-20(25-26-22-23-17-11-5-6-12-18(17)24-22)16-10-4-7-13-19(16)27(21)14-15-8-2-1-3-9-15/h1-13,28H,14H2,(H,23,24). The predicted octanol–water partition coefficient (Wildman–Crippen LogP) is 5.69. The number of aromatic hydroxyl groups is 1. The summed E-state index contributed by atoms with van der Waals surface area (Å²) in [5, 5.41) is 20.3. The highest BCUT2D eigenvalue weighted by atomic mass is 16.3. The molecule has 28 heavy (non-hydrogen) atoms. The number of aromatic nitrogens is 3. The highest BCUT2D eigenvalue weighted by Gasteiger charge is 2.16. The molecule has 0 saturated heterocycles. The number of benzene rings is 3. The Bertz CT molecular complexity index is 1270. The van der Waals surface area contributed by atoms with Crippen LogP contribution in [0.1, 0.15) is 5.56 Å². The van der Waals surface area contributed by atoms with Crippen molar-refractivity contribution in [1.82, 2.24) is 14.5 Å². The molecule has 2 N–H and O–H groups in total. The zero-order valence-electron chi connectivity index (χ0n) is 14.9. The van der Waals surface area contributed by atoms with Gasteiger partial charge in [-0.2, -0.15) is 0 Å². The van der Waals surface area contributed by atoms with Crippen LogP contribution in [0.5, 0.6) is 5.88 Å². The fourth-order valence-electron chi connectivity index (χ4n) is 3.38. The fourth-order valence-corrected chi connectivity index (χ4v) is 3.38. The summed E-state index contributed by atoms with van der Waals surface area (Å²) >= 11 is 0. The third-order valence-corrected chi connectivity index (χ3v) is 4.72. The van der Waals surface area contributed by atoms with Gasteiger partial charge in [-0.3, -0.25) is 0 Å². The lowest BCUT2D eigenvalue weighted by atomic mass is 10.2. The number of hydrogen-bond acceptors (Lipinski definition) is 4. The summed E-state index contributed by atoms with van der Waals surface area (Å²) in [5.41, 5.74) is 4.16. The molecule has 0 aliphatic carbocycles. The first kappa shape index (κ1) is 16.3. The Balaban J connectivity index is 1.58. The van der Waals surface area contributed by atoms with Gasteiger partial charge in [-0.15, -0.1) is 10.2 Å². The molecule has 0 spiro atoms. The second kappa shape index (κ2) is 6.66. The number of para-hydroxylation sites is 3. The normalized spacial score (nSPS) is 11.7. The Morgan fingerprint density at radius 3 is 2.46 bits per heavy atom. The lowest BCUT2D eigenvalue weighted by Crippen LogP contribution is -1.98. The zero-order chi connectivity index (χ0) is 18.9. The molecular weight excluding hydrogens is 350 g/mol. The van der Waals surface area contributed by atoms with Gasteiger partial charge in [0.05, 0.1) is 23.1 Å². The van der Waals surface area contributed by atoms with E-state index in [1.165, 1.54) is 0 Å². The largest absolute Gasteiger partial charge is 0.493 e. The van der Waals surface area contributed by atoms with E-state index >= 15 is 0 Å². The molecule has 5 aromatic rings. The van der Waals surface area contributed by atoms with Crippen LogP contribution < -0.4 is 0 Å². The van der Waals surface area contributed by atoms with E-state index in [2.05, 4.69) is 20.2 Å². The Morgan fingerprint density at radius 2 is 1.61 bits per heavy atom. The van der Waals surface area contributed by atoms with Crippen molar-refractivity contribution in [3.63, 3.8) is 0 Å². The van der Waals surface area contributed by atoms with Crippen molar-refractivity contribution in [2.45, 2.75) is 6.54 Å². The Kier molecular flexibility index (Phi) is 3.87. The summed E-state index contributed by atoms with van der Waals surface area (Å²) in [6.07, 6.45) is 0. The van der Waals surface area contributed by atoms with Crippen molar-refractivity contribution in [1.29, 1.82) is 0 Å². The molecule has 0 atom stereocenters. The van der Waals surface area contributed by atoms with E-state index in [9.17, 15) is 5.11 Å². The minimum atomic E-state index is 0.0879. The number of imidazole rings is 1. The fraction of sp³-hybridized carbons (Fsp3) is 0.0455. The summed E-state index contributed by atoms with van der Waals surface area (Å²) in [7, 11) is 0. The van der Waals surface area contributed by atoms with Crippen molar-refractivity contribution >= 4 is 33.6 Å². The van der Waals surface area contributed by atoms with Crippen LogP contribution in [0.15, 0.2) is 89.1 Å². The van der Waals surface area contributed by atoms with Crippen LogP contribution in [0.2, 0.25) is 0 Å². The molecule has 0 saturated carbocycles. The van der Waals surface area contributed by atoms with Crippen molar-refractivity contribution in [3.05, 3.63) is 84.4 Å². The minimum absolute atomic E-state index is 0.0879. The molecule has 0 unspecified atom stereocenters. The SMILES string of the molecule is Oc1c(N=Nc2nc3ccccc3[nH]2)c2ccccc2n1Cc1ccccc1. The number of H-pyrrole nitrogens is 1. The van der Waals surface area contributed by atoms with E-state index in [1.54, 1.807) is 0 Å². The van der Waals surface area contributed by atoms with Crippen molar-refractivity contribution in [3.8, 4) is 5.88 Å². The van der Waals surface area contributed by atoms with Gasteiger partial charge in [0.2, 0.25) is 11.8 Å². The molecule has 0 fully saturated rings. The molecule has 0 aliphatic heterocycles. The molecule has 0 radical (unpaired) electrons. The molecule has 136 valence electrons. The molecule has 5 rings (SSSR count). The molecule has 3 aromatic carbocycles. The number of azo groups is 1. The summed E-state index contributed by atoms with van der Waals surface area (Å²) in [6, 6.07) is 25.5. The maximum Gasteiger partial charge on any atom is 0.247 e.